The number of nitrogens with one attached hydrogen (secondary N) is 1. The van der Waals surface area contributed by atoms with Crippen LogP contribution in [0, 0.1) is 0 Å². The van der Waals surface area contributed by atoms with E-state index in [0.717, 1.165) is 44.1 Å². The molecule has 1 aliphatic rings. The van der Waals surface area contributed by atoms with E-state index in [1.165, 1.54) is 0 Å². The number of amides is 1. The molecule has 20 heavy (non-hydrogen) atoms. The molecule has 1 saturated heterocycles. The molecule has 5 nitrogen and oxygen atoms in total. The predicted octanol–water partition coefficient (Wildman–Crippen LogP) is 1.29. The average Bonchev–Trinajstić information content (AvgIpc) is 2.53. The number of carbonyl (C=O) groups is 1. The zero-order chi connectivity index (χ0) is 14.2. The second-order valence-corrected chi connectivity index (χ2v) is 4.76. The number of ether oxygens (including phenoxy) is 2. The Balaban J connectivity index is 1.64. The highest BCUT2D eigenvalue weighted by Crippen LogP contribution is 2.17. The van der Waals surface area contributed by atoms with Gasteiger partial charge in [0.15, 0.2) is 0 Å². The number of benzene rings is 1. The molecule has 1 aromatic rings. The van der Waals surface area contributed by atoms with E-state index in [9.17, 15) is 4.79 Å². The fraction of sp³-hybridized carbons (Fsp3) is 0.533. The van der Waals surface area contributed by atoms with Crippen molar-refractivity contribution in [2.24, 2.45) is 0 Å². The number of hydrogen-bond acceptors (Lipinski definition) is 4. The van der Waals surface area contributed by atoms with Gasteiger partial charge >= 0.3 is 0 Å². The van der Waals surface area contributed by atoms with Gasteiger partial charge in [0, 0.05) is 32.6 Å². The van der Waals surface area contributed by atoms with Gasteiger partial charge in [0.05, 0.1) is 13.7 Å². The first-order valence-electron chi connectivity index (χ1n) is 7.05. The van der Waals surface area contributed by atoms with E-state index in [4.69, 9.17) is 9.47 Å². The van der Waals surface area contributed by atoms with Crippen LogP contribution < -0.4 is 14.8 Å². The summed E-state index contributed by atoms with van der Waals surface area (Å²) < 4.78 is 10.7. The molecule has 0 saturated carbocycles. The first kappa shape index (κ1) is 14.7. The molecule has 0 bridgehead atoms. The fourth-order valence-electron chi connectivity index (χ4n) is 2.16. The standard InChI is InChI=1S/C15H22N2O3/c1-19-13-4-6-14(7-5-13)20-12-2-3-15(18)17-10-8-16-9-11-17/h4-7,16H,2-3,8-12H2,1H3. The van der Waals surface area contributed by atoms with E-state index < -0.39 is 0 Å². The van der Waals surface area contributed by atoms with Crippen molar-refractivity contribution in [3.8, 4) is 11.5 Å². The third-order valence-electron chi connectivity index (χ3n) is 3.33. The summed E-state index contributed by atoms with van der Waals surface area (Å²) in [6, 6.07) is 7.47. The second kappa shape index (κ2) is 7.75. The topological polar surface area (TPSA) is 50.8 Å². The first-order valence-corrected chi connectivity index (χ1v) is 7.05. The fourth-order valence-corrected chi connectivity index (χ4v) is 2.16. The molecule has 0 aromatic heterocycles. The van der Waals surface area contributed by atoms with Gasteiger partial charge in [-0.3, -0.25) is 4.79 Å². The number of carbonyl (C=O) groups excluding carboxylic acids is 1. The lowest BCUT2D eigenvalue weighted by atomic mass is 10.2. The smallest absolute Gasteiger partial charge is 0.222 e. The minimum absolute atomic E-state index is 0.227. The molecule has 1 N–H and O–H groups in total. The normalized spacial score (nSPS) is 14.9. The highest BCUT2D eigenvalue weighted by atomic mass is 16.5. The molecule has 1 aliphatic heterocycles. The summed E-state index contributed by atoms with van der Waals surface area (Å²) >= 11 is 0. The van der Waals surface area contributed by atoms with Crippen molar-refractivity contribution in [2.45, 2.75) is 12.8 Å². The lowest BCUT2D eigenvalue weighted by Crippen LogP contribution is -2.46. The maximum absolute atomic E-state index is 11.9. The summed E-state index contributed by atoms with van der Waals surface area (Å²) in [6.07, 6.45) is 1.30. The molecule has 1 amide bonds. The molecule has 0 spiro atoms. The van der Waals surface area contributed by atoms with Gasteiger partial charge < -0.3 is 19.7 Å². The van der Waals surface area contributed by atoms with Crippen molar-refractivity contribution in [3.63, 3.8) is 0 Å². The van der Waals surface area contributed by atoms with Crippen LogP contribution in [0.4, 0.5) is 0 Å². The van der Waals surface area contributed by atoms with E-state index in [1.807, 2.05) is 29.2 Å². The number of rotatable bonds is 6. The summed E-state index contributed by atoms with van der Waals surface area (Å²) in [5.74, 6) is 1.84. The Morgan fingerprint density at radius 3 is 2.50 bits per heavy atom. The zero-order valence-corrected chi connectivity index (χ0v) is 11.9. The second-order valence-electron chi connectivity index (χ2n) is 4.76. The molecule has 0 radical (unpaired) electrons. The van der Waals surface area contributed by atoms with Crippen LogP contribution in [0.15, 0.2) is 24.3 Å². The summed E-state index contributed by atoms with van der Waals surface area (Å²) in [6.45, 7) is 3.99. The van der Waals surface area contributed by atoms with Crippen LogP contribution in [-0.2, 0) is 4.79 Å². The average molecular weight is 278 g/mol. The molecular weight excluding hydrogens is 256 g/mol. The molecule has 0 atom stereocenters. The molecule has 0 aliphatic carbocycles. The molecule has 1 heterocycles. The van der Waals surface area contributed by atoms with Crippen LogP contribution in [0.25, 0.3) is 0 Å². The van der Waals surface area contributed by atoms with Gasteiger partial charge in [0.25, 0.3) is 0 Å². The number of methoxy groups -OCH3 is 1. The maximum Gasteiger partial charge on any atom is 0.222 e. The zero-order valence-electron chi connectivity index (χ0n) is 11.9. The van der Waals surface area contributed by atoms with Gasteiger partial charge in [-0.05, 0) is 30.7 Å². The Morgan fingerprint density at radius 1 is 1.20 bits per heavy atom. The van der Waals surface area contributed by atoms with Crippen LogP contribution in [0.5, 0.6) is 11.5 Å². The summed E-state index contributed by atoms with van der Waals surface area (Å²) in [5.41, 5.74) is 0. The van der Waals surface area contributed by atoms with E-state index >= 15 is 0 Å². The van der Waals surface area contributed by atoms with Gasteiger partial charge in [0.2, 0.25) is 5.91 Å². The van der Waals surface area contributed by atoms with Gasteiger partial charge in [-0.15, -0.1) is 0 Å². The molecule has 110 valence electrons. The summed E-state index contributed by atoms with van der Waals surface area (Å²) in [5, 5.41) is 3.24. The highest BCUT2D eigenvalue weighted by molar-refractivity contribution is 5.76. The maximum atomic E-state index is 11.9. The third-order valence-corrected chi connectivity index (χ3v) is 3.33. The van der Waals surface area contributed by atoms with Crippen LogP contribution in [-0.4, -0.2) is 50.7 Å². The Labute approximate surface area is 119 Å². The quantitative estimate of drug-likeness (QED) is 0.797. The van der Waals surface area contributed by atoms with Crippen LogP contribution in [0.2, 0.25) is 0 Å². The Kier molecular flexibility index (Phi) is 5.68. The van der Waals surface area contributed by atoms with E-state index in [2.05, 4.69) is 5.32 Å². The van der Waals surface area contributed by atoms with Crippen molar-refractivity contribution >= 4 is 5.91 Å². The number of nitrogens with zero attached hydrogens (tertiary/aromatic N) is 1. The van der Waals surface area contributed by atoms with Crippen LogP contribution >= 0.6 is 0 Å². The minimum Gasteiger partial charge on any atom is -0.497 e. The Hall–Kier alpha value is -1.75. The summed E-state index contributed by atoms with van der Waals surface area (Å²) in [4.78, 5) is 13.8. The van der Waals surface area contributed by atoms with Crippen LogP contribution in [0.3, 0.4) is 0 Å². The van der Waals surface area contributed by atoms with Crippen molar-refractivity contribution in [3.05, 3.63) is 24.3 Å². The lowest BCUT2D eigenvalue weighted by Gasteiger charge is -2.27. The lowest BCUT2D eigenvalue weighted by molar-refractivity contribution is -0.132. The minimum atomic E-state index is 0.227. The Bertz CT molecular complexity index is 414. The molecule has 0 unspecified atom stereocenters. The van der Waals surface area contributed by atoms with Crippen molar-refractivity contribution in [1.29, 1.82) is 0 Å². The number of piperazine rings is 1. The first-order chi connectivity index (χ1) is 9.79. The molecule has 1 aromatic carbocycles. The third kappa shape index (κ3) is 4.42. The van der Waals surface area contributed by atoms with E-state index in [-0.39, 0.29) is 5.91 Å². The van der Waals surface area contributed by atoms with Gasteiger partial charge in [-0.2, -0.15) is 0 Å². The Morgan fingerprint density at radius 2 is 1.85 bits per heavy atom. The van der Waals surface area contributed by atoms with Gasteiger partial charge in [-0.1, -0.05) is 0 Å². The van der Waals surface area contributed by atoms with Crippen molar-refractivity contribution in [2.75, 3.05) is 39.9 Å². The largest absolute Gasteiger partial charge is 0.497 e. The van der Waals surface area contributed by atoms with Crippen molar-refractivity contribution in [1.82, 2.24) is 10.2 Å². The highest BCUT2D eigenvalue weighted by Gasteiger charge is 2.15. The van der Waals surface area contributed by atoms with Gasteiger partial charge in [-0.25, -0.2) is 0 Å². The summed E-state index contributed by atoms with van der Waals surface area (Å²) in [7, 11) is 1.64. The van der Waals surface area contributed by atoms with E-state index in [1.54, 1.807) is 7.11 Å². The number of hydrogen-bond donors (Lipinski definition) is 1. The van der Waals surface area contributed by atoms with Crippen molar-refractivity contribution < 1.29 is 14.3 Å². The molecular formula is C15H22N2O3. The van der Waals surface area contributed by atoms with Crippen LogP contribution in [0.1, 0.15) is 12.8 Å². The molecule has 1 fully saturated rings. The van der Waals surface area contributed by atoms with E-state index in [0.29, 0.717) is 13.0 Å². The monoisotopic (exact) mass is 278 g/mol. The predicted molar refractivity (Wildman–Crippen MR) is 77.2 cm³/mol. The molecule has 2 rings (SSSR count). The van der Waals surface area contributed by atoms with Gasteiger partial charge in [0.1, 0.15) is 11.5 Å². The molecule has 5 heteroatoms. The SMILES string of the molecule is COc1ccc(OCCCC(=O)N2CCNCC2)cc1.